The normalized spacial score (nSPS) is 12.4. The second-order valence-electron chi connectivity index (χ2n) is 8.72. The number of H-pyrrole nitrogens is 1. The zero-order valence-electron chi connectivity index (χ0n) is 20.8. The fraction of sp³-hybridized carbons (Fsp3) is 0.391. The second kappa shape index (κ2) is 12.9. The van der Waals surface area contributed by atoms with Crippen LogP contribution < -0.4 is 27.8 Å². The molecule has 15 heteroatoms. The van der Waals surface area contributed by atoms with Gasteiger partial charge in [-0.15, -0.1) is 0 Å². The maximum absolute atomic E-state index is 12.9. The molecule has 1 heterocycles. The van der Waals surface area contributed by atoms with Crippen LogP contribution in [0.5, 0.6) is 5.88 Å². The van der Waals surface area contributed by atoms with Crippen molar-refractivity contribution in [3.05, 3.63) is 46.0 Å². The Morgan fingerprint density at radius 2 is 1.82 bits per heavy atom. The van der Waals surface area contributed by atoms with Gasteiger partial charge in [0.15, 0.2) is 5.96 Å². The summed E-state index contributed by atoms with van der Waals surface area (Å²) in [6, 6.07) is 2.62. The zero-order chi connectivity index (χ0) is 28.6. The van der Waals surface area contributed by atoms with Crippen LogP contribution in [-0.4, -0.2) is 73.2 Å². The van der Waals surface area contributed by atoms with Crippen molar-refractivity contribution < 1.29 is 34.5 Å². The summed E-state index contributed by atoms with van der Waals surface area (Å²) in [7, 11) is 0. The average Bonchev–Trinajstić information content (AvgIpc) is 3.11. The van der Waals surface area contributed by atoms with E-state index in [1.165, 1.54) is 24.3 Å². The molecule has 0 aliphatic rings. The van der Waals surface area contributed by atoms with Crippen molar-refractivity contribution in [1.82, 2.24) is 20.2 Å². The highest BCUT2D eigenvalue weighted by atomic mass is 16.4. The van der Waals surface area contributed by atoms with Crippen LogP contribution >= 0.6 is 0 Å². The number of nitrogens with one attached hydrogen (secondary N) is 3. The van der Waals surface area contributed by atoms with Crippen LogP contribution in [0.4, 0.5) is 0 Å². The summed E-state index contributed by atoms with van der Waals surface area (Å²) in [6.07, 6.45) is -0.117. The molecule has 38 heavy (non-hydrogen) atoms. The number of benzene rings is 1. The van der Waals surface area contributed by atoms with Gasteiger partial charge in [-0.05, 0) is 37.0 Å². The van der Waals surface area contributed by atoms with Gasteiger partial charge in [-0.25, -0.2) is 14.2 Å². The molecule has 0 radical (unpaired) electrons. The number of aliphatic imine (C=N–C) groups is 1. The fourth-order valence-corrected chi connectivity index (χ4v) is 3.53. The van der Waals surface area contributed by atoms with Crippen molar-refractivity contribution in [3.8, 4) is 11.6 Å². The van der Waals surface area contributed by atoms with E-state index in [4.69, 9.17) is 11.5 Å². The molecule has 0 spiro atoms. The summed E-state index contributed by atoms with van der Waals surface area (Å²) in [4.78, 5) is 67.1. The molecule has 1 aromatic heterocycles. The number of imidazole rings is 1. The maximum Gasteiger partial charge on any atom is 0.333 e. The summed E-state index contributed by atoms with van der Waals surface area (Å²) in [6.45, 7) is 3.40. The summed E-state index contributed by atoms with van der Waals surface area (Å²) < 4.78 is 0.939. The molecule has 1 aromatic carbocycles. The van der Waals surface area contributed by atoms with Crippen LogP contribution in [0.3, 0.4) is 0 Å². The Kier molecular flexibility index (Phi) is 10.0. The lowest BCUT2D eigenvalue weighted by molar-refractivity contribution is -0.144. The van der Waals surface area contributed by atoms with E-state index < -0.39 is 53.9 Å². The minimum absolute atomic E-state index is 0.0499. The Balaban J connectivity index is 2.26. The van der Waals surface area contributed by atoms with Gasteiger partial charge in [0, 0.05) is 12.1 Å². The third-order valence-corrected chi connectivity index (χ3v) is 5.42. The number of carbonyl (C=O) groups is 4. The monoisotopic (exact) mass is 533 g/mol. The quantitative estimate of drug-likeness (QED) is 0.0873. The number of amides is 2. The number of aliphatic carboxylic acids is 2. The Bertz CT molecular complexity index is 1280. The number of nitrogens with zero attached hydrogens (tertiary/aromatic N) is 2. The molecule has 10 N–H and O–H groups in total. The Morgan fingerprint density at radius 1 is 1.13 bits per heavy atom. The summed E-state index contributed by atoms with van der Waals surface area (Å²) in [5, 5.41) is 33.6. The number of guanidine groups is 1. The molecule has 2 amide bonds. The SMILES string of the molecule is CC(C)[C@H](NC(=O)[C@H](CC(=O)O)NC(=O)c1cccc(-n2c(O)c(CCCN=C(N)N)[nH]c2=O)c1)C(=O)O. The van der Waals surface area contributed by atoms with E-state index in [0.717, 1.165) is 4.57 Å². The first-order chi connectivity index (χ1) is 17.8. The van der Waals surface area contributed by atoms with Gasteiger partial charge in [0.05, 0.1) is 17.8 Å². The van der Waals surface area contributed by atoms with Crippen LogP contribution in [0, 0.1) is 5.92 Å². The van der Waals surface area contributed by atoms with Crippen molar-refractivity contribution in [3.63, 3.8) is 0 Å². The first kappa shape index (κ1) is 29.4. The molecule has 2 aromatic rings. The van der Waals surface area contributed by atoms with Gasteiger partial charge in [0.2, 0.25) is 11.8 Å². The van der Waals surface area contributed by atoms with E-state index >= 15 is 0 Å². The van der Waals surface area contributed by atoms with E-state index in [1.54, 1.807) is 13.8 Å². The number of rotatable bonds is 13. The van der Waals surface area contributed by atoms with E-state index in [0.29, 0.717) is 6.42 Å². The van der Waals surface area contributed by atoms with Gasteiger partial charge in [-0.3, -0.25) is 19.4 Å². The van der Waals surface area contributed by atoms with Crippen LogP contribution in [0.15, 0.2) is 34.1 Å². The van der Waals surface area contributed by atoms with E-state index in [-0.39, 0.29) is 41.7 Å². The predicted octanol–water partition coefficient (Wildman–Crippen LogP) is -1.12. The fourth-order valence-electron chi connectivity index (χ4n) is 3.53. The molecule has 0 saturated carbocycles. The summed E-state index contributed by atoms with van der Waals surface area (Å²) in [5.74, 6) is -5.51. The molecular weight excluding hydrogens is 502 g/mol. The molecule has 2 atom stereocenters. The highest BCUT2D eigenvalue weighted by Crippen LogP contribution is 2.20. The van der Waals surface area contributed by atoms with Crippen molar-refractivity contribution >= 4 is 29.7 Å². The number of hydrogen-bond acceptors (Lipinski definition) is 7. The molecule has 15 nitrogen and oxygen atoms in total. The smallest absolute Gasteiger partial charge is 0.333 e. The molecular formula is C23H31N7O8. The lowest BCUT2D eigenvalue weighted by atomic mass is 10.0. The molecule has 0 saturated heterocycles. The number of aromatic nitrogens is 2. The molecule has 0 fully saturated rings. The lowest BCUT2D eigenvalue weighted by Crippen LogP contribution is -2.53. The lowest BCUT2D eigenvalue weighted by Gasteiger charge is -2.22. The molecule has 0 aliphatic heterocycles. The standard InChI is InChI=1S/C23H31N7O8/c1-11(2)17(21(36)37)29-19(34)15(10-16(31)32)27-18(33)12-5-3-6-13(9-12)30-20(35)14(28-23(30)38)7-4-8-26-22(24)25/h3,5-6,9,11,15,17,35H,4,7-8,10H2,1-2H3,(H,27,33)(H,28,38)(H,29,34)(H,31,32)(H,36,37)(H4,24,25,26)/t15-,17-/m0/s1. The highest BCUT2D eigenvalue weighted by Gasteiger charge is 2.30. The van der Waals surface area contributed by atoms with Gasteiger partial charge >= 0.3 is 17.6 Å². The Labute approximate surface area is 216 Å². The van der Waals surface area contributed by atoms with Crippen LogP contribution in [-0.2, 0) is 20.8 Å². The summed E-state index contributed by atoms with van der Waals surface area (Å²) in [5.41, 5.74) is 10.2. The maximum atomic E-state index is 12.9. The second-order valence-corrected chi connectivity index (χ2v) is 8.72. The Morgan fingerprint density at radius 3 is 2.39 bits per heavy atom. The average molecular weight is 534 g/mol. The number of carboxylic acids is 2. The largest absolute Gasteiger partial charge is 0.493 e. The van der Waals surface area contributed by atoms with E-state index in [1.807, 2.05) is 0 Å². The predicted molar refractivity (Wildman–Crippen MR) is 135 cm³/mol. The minimum atomic E-state index is -1.58. The number of carboxylic acid groups (broad SMARTS) is 2. The van der Waals surface area contributed by atoms with Crippen molar-refractivity contribution in [2.24, 2.45) is 22.4 Å². The molecule has 206 valence electrons. The van der Waals surface area contributed by atoms with Crippen molar-refractivity contribution in [2.45, 2.75) is 45.2 Å². The van der Waals surface area contributed by atoms with Gasteiger partial charge in [0.1, 0.15) is 12.1 Å². The number of hydrogen-bond donors (Lipinski definition) is 8. The highest BCUT2D eigenvalue weighted by molar-refractivity contribution is 5.99. The van der Waals surface area contributed by atoms with Gasteiger partial charge in [-0.2, -0.15) is 0 Å². The number of aromatic hydroxyl groups is 1. The van der Waals surface area contributed by atoms with Gasteiger partial charge in [-0.1, -0.05) is 19.9 Å². The molecule has 0 bridgehead atoms. The van der Waals surface area contributed by atoms with Crippen molar-refractivity contribution in [2.75, 3.05) is 6.54 Å². The molecule has 0 aliphatic carbocycles. The summed E-state index contributed by atoms with van der Waals surface area (Å²) >= 11 is 0. The molecule has 2 rings (SSSR count). The van der Waals surface area contributed by atoms with Gasteiger partial charge < -0.3 is 42.4 Å². The van der Waals surface area contributed by atoms with E-state index in [9.17, 15) is 39.3 Å². The van der Waals surface area contributed by atoms with Crippen molar-refractivity contribution in [1.29, 1.82) is 0 Å². The van der Waals surface area contributed by atoms with Crippen LogP contribution in [0.1, 0.15) is 42.7 Å². The number of nitrogens with two attached hydrogens (primary N) is 2. The topological polar surface area (TPSA) is 255 Å². The van der Waals surface area contributed by atoms with E-state index in [2.05, 4.69) is 20.6 Å². The first-order valence-corrected chi connectivity index (χ1v) is 11.6. The number of aryl methyl sites for hydroxylation is 1. The minimum Gasteiger partial charge on any atom is -0.493 e. The zero-order valence-corrected chi connectivity index (χ0v) is 20.8. The van der Waals surface area contributed by atoms with Gasteiger partial charge in [0.25, 0.3) is 5.91 Å². The van der Waals surface area contributed by atoms with Crippen LogP contribution in [0.2, 0.25) is 0 Å². The number of aromatic amines is 1. The molecule has 0 unspecified atom stereocenters. The third-order valence-electron chi connectivity index (χ3n) is 5.42. The number of carbonyl (C=O) groups excluding carboxylic acids is 2. The van der Waals surface area contributed by atoms with Crippen LogP contribution in [0.25, 0.3) is 5.69 Å². The Hall–Kier alpha value is -4.82. The third kappa shape index (κ3) is 7.84. The first-order valence-electron chi connectivity index (χ1n) is 11.6.